The molecule has 4 nitrogen and oxygen atoms in total. The summed E-state index contributed by atoms with van der Waals surface area (Å²) in [5.74, 6) is -1.95. The highest BCUT2D eigenvalue weighted by atomic mass is 32.1. The van der Waals surface area contributed by atoms with Crippen molar-refractivity contribution in [1.29, 1.82) is 0 Å². The fourth-order valence-corrected chi connectivity index (χ4v) is 3.26. The van der Waals surface area contributed by atoms with Crippen LogP contribution in [-0.4, -0.2) is 35.6 Å². The highest BCUT2D eigenvalue weighted by Crippen LogP contribution is 2.34. The lowest BCUT2D eigenvalue weighted by atomic mass is 10.0. The average molecular weight is 312 g/mol. The van der Waals surface area contributed by atoms with E-state index >= 15 is 0 Å². The van der Waals surface area contributed by atoms with Gasteiger partial charge in [0.15, 0.2) is 22.5 Å². The topological polar surface area (TPSA) is 32.8 Å². The molecular weight excluding hydrogens is 298 g/mol. The Labute approximate surface area is 126 Å². The zero-order valence-electron chi connectivity index (χ0n) is 11.4. The molecule has 3 rings (SSSR count). The Morgan fingerprint density at radius 3 is 2.71 bits per heavy atom. The summed E-state index contributed by atoms with van der Waals surface area (Å²) in [5, 5.41) is 0.244. The summed E-state index contributed by atoms with van der Waals surface area (Å²) in [5.41, 5.74) is -0.155. The van der Waals surface area contributed by atoms with Gasteiger partial charge in [0.1, 0.15) is 6.04 Å². The van der Waals surface area contributed by atoms with Crippen LogP contribution in [0.1, 0.15) is 19.3 Å². The molecule has 0 saturated carbocycles. The number of piperidine rings is 1. The molecule has 2 saturated heterocycles. The molecule has 1 aromatic rings. The molecule has 7 heteroatoms. The summed E-state index contributed by atoms with van der Waals surface area (Å²) in [6, 6.07) is 1.53. The van der Waals surface area contributed by atoms with Crippen molar-refractivity contribution in [2.24, 2.45) is 0 Å². The minimum absolute atomic E-state index is 0.155. The molecular formula is C14H14F2N2O2S. The summed E-state index contributed by atoms with van der Waals surface area (Å²) >= 11 is 5.27. The van der Waals surface area contributed by atoms with Gasteiger partial charge in [-0.2, -0.15) is 0 Å². The van der Waals surface area contributed by atoms with E-state index in [1.807, 2.05) is 0 Å². The third kappa shape index (κ3) is 2.16. The summed E-state index contributed by atoms with van der Waals surface area (Å²) in [7, 11) is 1.25. The molecule has 0 bridgehead atoms. The first-order valence-electron chi connectivity index (χ1n) is 6.72. The molecule has 1 aromatic carbocycles. The Morgan fingerprint density at radius 1 is 1.29 bits per heavy atom. The number of rotatable bonds is 2. The number of benzene rings is 1. The van der Waals surface area contributed by atoms with Gasteiger partial charge in [-0.25, -0.2) is 8.78 Å². The van der Waals surface area contributed by atoms with E-state index in [4.69, 9.17) is 17.0 Å². The van der Waals surface area contributed by atoms with Gasteiger partial charge < -0.3 is 9.64 Å². The first-order chi connectivity index (χ1) is 10.0. The van der Waals surface area contributed by atoms with Gasteiger partial charge in [0.05, 0.1) is 12.8 Å². The van der Waals surface area contributed by atoms with Gasteiger partial charge in [0.2, 0.25) is 0 Å². The lowest BCUT2D eigenvalue weighted by Gasteiger charge is -2.27. The maximum atomic E-state index is 14.2. The van der Waals surface area contributed by atoms with E-state index in [1.54, 1.807) is 4.90 Å². The third-order valence-corrected chi connectivity index (χ3v) is 4.32. The standard InChI is InChI=1S/C14H14F2N2O2S/c1-20-12-7-8(15)11(6-9(12)16)18-13(19)10-4-2-3-5-17(10)14(18)21/h6-7,10H,2-5H2,1H3. The van der Waals surface area contributed by atoms with Gasteiger partial charge in [0.25, 0.3) is 5.91 Å². The van der Waals surface area contributed by atoms with Crippen LogP contribution < -0.4 is 9.64 Å². The summed E-state index contributed by atoms with van der Waals surface area (Å²) < 4.78 is 32.7. The van der Waals surface area contributed by atoms with Crippen molar-refractivity contribution in [1.82, 2.24) is 4.90 Å². The SMILES string of the molecule is COc1cc(F)c(N2C(=O)C3CCCCN3C2=S)cc1F. The molecule has 2 aliphatic rings. The maximum absolute atomic E-state index is 14.2. The fraction of sp³-hybridized carbons (Fsp3) is 0.429. The number of ether oxygens (including phenoxy) is 1. The van der Waals surface area contributed by atoms with Crippen LogP contribution in [0.3, 0.4) is 0 Å². The smallest absolute Gasteiger partial charge is 0.256 e. The molecule has 1 atom stereocenters. The molecule has 2 aliphatic heterocycles. The molecule has 2 heterocycles. The van der Waals surface area contributed by atoms with Crippen molar-refractivity contribution in [3.63, 3.8) is 0 Å². The monoisotopic (exact) mass is 312 g/mol. The molecule has 0 aliphatic carbocycles. The number of carbonyl (C=O) groups is 1. The van der Waals surface area contributed by atoms with Crippen molar-refractivity contribution in [3.8, 4) is 5.75 Å². The van der Waals surface area contributed by atoms with Crippen molar-refractivity contribution in [2.75, 3.05) is 18.6 Å². The second-order valence-electron chi connectivity index (χ2n) is 5.10. The minimum Gasteiger partial charge on any atom is -0.494 e. The number of fused-ring (bicyclic) bond motifs is 1. The van der Waals surface area contributed by atoms with Crippen LogP contribution >= 0.6 is 12.2 Å². The van der Waals surface area contributed by atoms with Gasteiger partial charge in [-0.3, -0.25) is 9.69 Å². The van der Waals surface area contributed by atoms with Crippen molar-refractivity contribution < 1.29 is 18.3 Å². The Balaban J connectivity index is 2.02. The molecule has 112 valence electrons. The first-order valence-corrected chi connectivity index (χ1v) is 7.13. The zero-order valence-corrected chi connectivity index (χ0v) is 12.3. The zero-order chi connectivity index (χ0) is 15.1. The van der Waals surface area contributed by atoms with E-state index in [0.717, 1.165) is 29.9 Å². The number of amides is 1. The van der Waals surface area contributed by atoms with Crippen molar-refractivity contribution in [2.45, 2.75) is 25.3 Å². The second-order valence-corrected chi connectivity index (χ2v) is 5.46. The van der Waals surface area contributed by atoms with E-state index in [-0.39, 0.29) is 28.5 Å². The number of hydrogen-bond donors (Lipinski definition) is 0. The van der Waals surface area contributed by atoms with Gasteiger partial charge in [0, 0.05) is 18.7 Å². The van der Waals surface area contributed by atoms with Crippen molar-refractivity contribution >= 4 is 28.9 Å². The third-order valence-electron chi connectivity index (χ3n) is 3.91. The number of thiocarbonyl (C=S) groups is 1. The van der Waals surface area contributed by atoms with Gasteiger partial charge in [-0.1, -0.05) is 0 Å². The van der Waals surface area contributed by atoms with E-state index in [2.05, 4.69) is 0 Å². The van der Waals surface area contributed by atoms with Crippen molar-refractivity contribution in [3.05, 3.63) is 23.8 Å². The number of anilines is 1. The van der Waals surface area contributed by atoms with E-state index in [0.29, 0.717) is 13.0 Å². The summed E-state index contributed by atoms with van der Waals surface area (Å²) in [4.78, 5) is 15.3. The molecule has 21 heavy (non-hydrogen) atoms. The number of hydrogen-bond acceptors (Lipinski definition) is 3. The highest BCUT2D eigenvalue weighted by molar-refractivity contribution is 7.80. The van der Waals surface area contributed by atoms with Crippen LogP contribution in [0.5, 0.6) is 5.75 Å². The predicted molar refractivity (Wildman–Crippen MR) is 77.3 cm³/mol. The highest BCUT2D eigenvalue weighted by Gasteiger charge is 2.45. The van der Waals surface area contributed by atoms with E-state index < -0.39 is 11.6 Å². The van der Waals surface area contributed by atoms with Crippen LogP contribution in [0.25, 0.3) is 0 Å². The Bertz CT molecular complexity index is 599. The molecule has 1 unspecified atom stereocenters. The van der Waals surface area contributed by atoms with E-state index in [1.165, 1.54) is 7.11 Å². The molecule has 0 spiro atoms. The molecule has 2 fully saturated rings. The Morgan fingerprint density at radius 2 is 2.05 bits per heavy atom. The predicted octanol–water partition coefficient (Wildman–Crippen LogP) is 2.46. The largest absolute Gasteiger partial charge is 0.494 e. The van der Waals surface area contributed by atoms with Gasteiger partial charge in [-0.05, 0) is 31.5 Å². The molecule has 1 amide bonds. The Kier molecular flexibility index (Phi) is 3.52. The first kappa shape index (κ1) is 14.2. The molecule has 0 aromatic heterocycles. The van der Waals surface area contributed by atoms with E-state index in [9.17, 15) is 13.6 Å². The number of carbonyl (C=O) groups excluding carboxylic acids is 1. The quantitative estimate of drug-likeness (QED) is 0.786. The lowest BCUT2D eigenvalue weighted by molar-refractivity contribution is -0.120. The molecule has 0 radical (unpaired) electrons. The van der Waals surface area contributed by atoms with Gasteiger partial charge >= 0.3 is 0 Å². The Hall–Kier alpha value is -1.76. The van der Waals surface area contributed by atoms with Crippen LogP contribution in [0, 0.1) is 11.6 Å². The average Bonchev–Trinajstić information content (AvgIpc) is 2.74. The lowest BCUT2D eigenvalue weighted by Crippen LogP contribution is -2.38. The van der Waals surface area contributed by atoms with Crippen LogP contribution in [0.2, 0.25) is 0 Å². The molecule has 0 N–H and O–H groups in total. The summed E-state index contributed by atoms with van der Waals surface area (Å²) in [6.07, 6.45) is 2.57. The summed E-state index contributed by atoms with van der Waals surface area (Å²) in [6.45, 7) is 0.673. The fourth-order valence-electron chi connectivity index (χ4n) is 2.86. The number of nitrogens with zero attached hydrogens (tertiary/aromatic N) is 2. The van der Waals surface area contributed by atoms with Gasteiger partial charge in [-0.15, -0.1) is 0 Å². The maximum Gasteiger partial charge on any atom is 0.256 e. The number of methoxy groups -OCH3 is 1. The van der Waals surface area contributed by atoms with Crippen LogP contribution in [0.4, 0.5) is 14.5 Å². The number of halogens is 2. The normalized spacial score (nSPS) is 21.8. The van der Waals surface area contributed by atoms with Crippen LogP contribution in [-0.2, 0) is 4.79 Å². The van der Waals surface area contributed by atoms with Crippen LogP contribution in [0.15, 0.2) is 12.1 Å². The second kappa shape index (κ2) is 5.22. The minimum atomic E-state index is -0.733.